The maximum absolute atomic E-state index is 13.5. The van der Waals surface area contributed by atoms with E-state index >= 15 is 0 Å². The van der Waals surface area contributed by atoms with E-state index in [-0.39, 0.29) is 34.3 Å². The lowest BCUT2D eigenvalue weighted by atomic mass is 9.84. The van der Waals surface area contributed by atoms with Gasteiger partial charge in [-0.05, 0) is 52.2 Å². The first-order valence-electron chi connectivity index (χ1n) is 12.0. The molecule has 2 aliphatic carbocycles. The van der Waals surface area contributed by atoms with Gasteiger partial charge >= 0.3 is 0 Å². The SMILES string of the molecule is CC(C)Oc1nc2nc([C@]34CC[C@](C)(C3)OC4)cn2cc1C(=O)Nc1cccn(C2CC2F)c1=O. The Balaban J connectivity index is 1.35. The maximum Gasteiger partial charge on any atom is 0.274 e. The summed E-state index contributed by atoms with van der Waals surface area (Å²) in [6.45, 7) is 6.45. The Morgan fingerprint density at radius 1 is 1.31 bits per heavy atom. The fourth-order valence-corrected chi connectivity index (χ4v) is 5.37. The predicted molar refractivity (Wildman–Crippen MR) is 126 cm³/mol. The zero-order valence-electron chi connectivity index (χ0n) is 20.0. The molecule has 10 heteroatoms. The van der Waals surface area contributed by atoms with Crippen molar-refractivity contribution in [2.24, 2.45) is 0 Å². The van der Waals surface area contributed by atoms with Crippen LogP contribution >= 0.6 is 0 Å². The molecule has 4 heterocycles. The van der Waals surface area contributed by atoms with Crippen LogP contribution in [0, 0.1) is 0 Å². The highest BCUT2D eigenvalue weighted by molar-refractivity contribution is 6.05. The Kier molecular flexibility index (Phi) is 4.83. The summed E-state index contributed by atoms with van der Waals surface area (Å²) in [6, 6.07) is 2.65. The van der Waals surface area contributed by atoms with Crippen molar-refractivity contribution in [3.63, 3.8) is 0 Å². The van der Waals surface area contributed by atoms with E-state index in [9.17, 15) is 14.0 Å². The largest absolute Gasteiger partial charge is 0.474 e. The lowest BCUT2D eigenvalue weighted by Crippen LogP contribution is -2.26. The van der Waals surface area contributed by atoms with Gasteiger partial charge in [-0.2, -0.15) is 4.98 Å². The van der Waals surface area contributed by atoms with Crippen LogP contribution in [0.5, 0.6) is 5.88 Å². The molecule has 3 aromatic heterocycles. The van der Waals surface area contributed by atoms with Crippen molar-refractivity contribution >= 4 is 17.4 Å². The van der Waals surface area contributed by atoms with E-state index < -0.39 is 23.7 Å². The molecule has 3 aromatic rings. The second-order valence-corrected chi connectivity index (χ2v) is 10.6. The van der Waals surface area contributed by atoms with Gasteiger partial charge in [0, 0.05) is 30.4 Å². The van der Waals surface area contributed by atoms with Crippen molar-refractivity contribution in [2.45, 2.75) is 75.8 Å². The van der Waals surface area contributed by atoms with Crippen LogP contribution < -0.4 is 15.6 Å². The first-order valence-corrected chi connectivity index (χ1v) is 12.0. The molecule has 1 saturated heterocycles. The molecular formula is C25H28FN5O4. The van der Waals surface area contributed by atoms with Gasteiger partial charge < -0.3 is 19.4 Å². The van der Waals surface area contributed by atoms with Crippen LogP contribution in [0.2, 0.25) is 0 Å². The standard InChI is InChI=1S/C25H28FN5O4/c1-14(2)35-21-15(20(32)27-17-5-4-8-31(22(17)33)18-9-16(18)26)10-30-11-19(28-23(30)29-21)25-7-6-24(3,12-25)34-13-25/h4-5,8,10-11,14,16,18H,6-7,9,12-13H2,1-3H3,(H,27,32)/t16?,18?,24-,25-/m1/s1. The molecule has 1 amide bonds. The number of aromatic nitrogens is 4. The summed E-state index contributed by atoms with van der Waals surface area (Å²) in [6.07, 6.45) is 7.01. The van der Waals surface area contributed by atoms with Crippen molar-refractivity contribution in [3.8, 4) is 5.88 Å². The van der Waals surface area contributed by atoms with E-state index in [1.54, 1.807) is 16.7 Å². The number of anilines is 1. The van der Waals surface area contributed by atoms with Gasteiger partial charge in [0.2, 0.25) is 11.7 Å². The predicted octanol–water partition coefficient (Wildman–Crippen LogP) is 3.42. The van der Waals surface area contributed by atoms with Gasteiger partial charge in [0.15, 0.2) is 0 Å². The summed E-state index contributed by atoms with van der Waals surface area (Å²) in [5.41, 5.74) is 0.458. The van der Waals surface area contributed by atoms with Crippen LogP contribution in [0.15, 0.2) is 35.5 Å². The molecule has 2 unspecified atom stereocenters. The number of rotatable bonds is 6. The lowest BCUT2D eigenvalue weighted by Gasteiger charge is -2.24. The number of nitrogens with one attached hydrogen (secondary N) is 1. The molecule has 3 fully saturated rings. The van der Waals surface area contributed by atoms with Crippen LogP contribution in [0.1, 0.15) is 68.5 Å². The third-order valence-corrected chi connectivity index (χ3v) is 7.35. The van der Waals surface area contributed by atoms with E-state index in [1.807, 2.05) is 20.0 Å². The summed E-state index contributed by atoms with van der Waals surface area (Å²) in [5.74, 6) is 0.0382. The third kappa shape index (κ3) is 3.71. The molecule has 0 spiro atoms. The fraction of sp³-hybridized carbons (Fsp3) is 0.520. The van der Waals surface area contributed by atoms with Crippen molar-refractivity contribution in [1.29, 1.82) is 0 Å². The number of ether oxygens (including phenoxy) is 2. The number of nitrogens with zero attached hydrogens (tertiary/aromatic N) is 4. The van der Waals surface area contributed by atoms with Crippen molar-refractivity contribution in [2.75, 3.05) is 11.9 Å². The van der Waals surface area contributed by atoms with Gasteiger partial charge in [-0.1, -0.05) is 0 Å². The second-order valence-electron chi connectivity index (χ2n) is 10.6. The molecule has 0 aromatic carbocycles. The number of hydrogen-bond donors (Lipinski definition) is 1. The number of carbonyl (C=O) groups excluding carboxylic acids is 1. The minimum absolute atomic E-state index is 0.0748. The second kappa shape index (κ2) is 7.61. The Morgan fingerprint density at radius 3 is 2.74 bits per heavy atom. The van der Waals surface area contributed by atoms with E-state index in [4.69, 9.17) is 14.5 Å². The summed E-state index contributed by atoms with van der Waals surface area (Å²) in [5, 5.41) is 2.67. The summed E-state index contributed by atoms with van der Waals surface area (Å²) >= 11 is 0. The smallest absolute Gasteiger partial charge is 0.274 e. The minimum Gasteiger partial charge on any atom is -0.474 e. The molecule has 1 N–H and O–H groups in total. The number of hydrogen-bond acceptors (Lipinski definition) is 6. The average molecular weight is 482 g/mol. The molecule has 4 atom stereocenters. The number of imidazole rings is 1. The molecule has 1 aliphatic heterocycles. The molecule has 6 rings (SSSR count). The molecular weight excluding hydrogens is 453 g/mol. The molecule has 9 nitrogen and oxygen atoms in total. The van der Waals surface area contributed by atoms with Gasteiger partial charge in [-0.3, -0.25) is 14.0 Å². The summed E-state index contributed by atoms with van der Waals surface area (Å²) in [7, 11) is 0. The fourth-order valence-electron chi connectivity index (χ4n) is 5.37. The number of halogens is 1. The highest BCUT2D eigenvalue weighted by Crippen LogP contribution is 2.53. The Bertz CT molecular complexity index is 1390. The van der Waals surface area contributed by atoms with Crippen molar-refractivity contribution < 1.29 is 18.7 Å². The normalized spacial score (nSPS) is 29.2. The van der Waals surface area contributed by atoms with Crippen molar-refractivity contribution in [1.82, 2.24) is 18.9 Å². The van der Waals surface area contributed by atoms with Crippen LogP contribution in [0.3, 0.4) is 0 Å². The van der Waals surface area contributed by atoms with E-state index in [0.717, 1.165) is 25.0 Å². The third-order valence-electron chi connectivity index (χ3n) is 7.35. The number of alkyl halides is 1. The van der Waals surface area contributed by atoms with Crippen molar-refractivity contribution in [3.05, 3.63) is 52.3 Å². The zero-order chi connectivity index (χ0) is 24.5. The highest BCUT2D eigenvalue weighted by Gasteiger charge is 2.55. The molecule has 2 bridgehead atoms. The van der Waals surface area contributed by atoms with Gasteiger partial charge in [-0.25, -0.2) is 9.37 Å². The number of carbonyl (C=O) groups is 1. The number of amides is 1. The van der Waals surface area contributed by atoms with Crippen LogP contribution in [0.25, 0.3) is 5.78 Å². The first-order chi connectivity index (χ1) is 16.7. The Hall–Kier alpha value is -3.27. The quantitative estimate of drug-likeness (QED) is 0.579. The van der Waals surface area contributed by atoms with Gasteiger partial charge in [-0.15, -0.1) is 0 Å². The molecule has 184 valence electrons. The zero-order valence-corrected chi connectivity index (χ0v) is 20.0. The average Bonchev–Trinajstić information content (AvgIpc) is 3.12. The summed E-state index contributed by atoms with van der Waals surface area (Å²) < 4.78 is 28.5. The molecule has 0 radical (unpaired) electrons. The van der Waals surface area contributed by atoms with E-state index in [1.165, 1.54) is 16.8 Å². The maximum atomic E-state index is 13.5. The highest BCUT2D eigenvalue weighted by atomic mass is 19.1. The lowest BCUT2D eigenvalue weighted by molar-refractivity contribution is -0.00627. The van der Waals surface area contributed by atoms with Crippen LogP contribution in [0.4, 0.5) is 10.1 Å². The van der Waals surface area contributed by atoms with Gasteiger partial charge in [0.1, 0.15) is 17.4 Å². The molecule has 3 aliphatic rings. The molecule has 35 heavy (non-hydrogen) atoms. The monoisotopic (exact) mass is 481 g/mol. The number of fused-ring (bicyclic) bond motifs is 3. The summed E-state index contributed by atoms with van der Waals surface area (Å²) in [4.78, 5) is 35.4. The minimum atomic E-state index is -1.03. The van der Waals surface area contributed by atoms with Gasteiger partial charge in [0.05, 0.1) is 30.0 Å². The van der Waals surface area contributed by atoms with E-state index in [2.05, 4.69) is 17.2 Å². The van der Waals surface area contributed by atoms with E-state index in [0.29, 0.717) is 18.8 Å². The first kappa shape index (κ1) is 22.2. The topological polar surface area (TPSA) is 99.8 Å². The number of pyridine rings is 1. The Labute approximate surface area is 201 Å². The van der Waals surface area contributed by atoms with Crippen LogP contribution in [-0.4, -0.2) is 49.3 Å². The molecule has 2 saturated carbocycles. The Morgan fingerprint density at radius 2 is 2.11 bits per heavy atom. The van der Waals surface area contributed by atoms with Gasteiger partial charge in [0.25, 0.3) is 11.5 Å². The van der Waals surface area contributed by atoms with Crippen LogP contribution in [-0.2, 0) is 10.2 Å².